The molecule has 3 rings (SSSR count). The number of benzene rings is 1. The molecule has 0 saturated heterocycles. The van der Waals surface area contributed by atoms with Crippen LogP contribution in [0.5, 0.6) is 0 Å². The van der Waals surface area contributed by atoms with E-state index in [9.17, 15) is 8.42 Å². The highest BCUT2D eigenvalue weighted by Gasteiger charge is 2.14. The summed E-state index contributed by atoms with van der Waals surface area (Å²) in [6, 6.07) is 4.87. The summed E-state index contributed by atoms with van der Waals surface area (Å²) in [7, 11) is -3.27. The van der Waals surface area contributed by atoms with Gasteiger partial charge in [0.05, 0.1) is 10.5 Å². The van der Waals surface area contributed by atoms with Gasteiger partial charge in [-0.05, 0) is 30.7 Å². The van der Waals surface area contributed by atoms with Gasteiger partial charge in [0.1, 0.15) is 5.82 Å². The number of nitrogens with zero attached hydrogens (tertiary/aromatic N) is 4. The van der Waals surface area contributed by atoms with Crippen molar-refractivity contribution in [1.82, 2.24) is 20.1 Å². The summed E-state index contributed by atoms with van der Waals surface area (Å²) in [6.07, 6.45) is 2.66. The third-order valence-corrected chi connectivity index (χ3v) is 4.67. The van der Waals surface area contributed by atoms with Crippen LogP contribution in [-0.4, -0.2) is 34.8 Å². The van der Waals surface area contributed by atoms with Gasteiger partial charge in [0.2, 0.25) is 17.7 Å². The van der Waals surface area contributed by atoms with Gasteiger partial charge in [0.15, 0.2) is 9.84 Å². The fourth-order valence-corrected chi connectivity index (χ4v) is 3.27. The number of aromatic nitrogens is 4. The highest BCUT2D eigenvalue weighted by molar-refractivity contribution is 7.90. The largest absolute Gasteiger partial charge is 0.383 e. The molecule has 0 saturated carbocycles. The first-order chi connectivity index (χ1) is 11.7. The minimum atomic E-state index is -3.27. The molecule has 3 N–H and O–H groups in total. The van der Waals surface area contributed by atoms with Gasteiger partial charge >= 0.3 is 0 Å². The minimum Gasteiger partial charge on any atom is -0.383 e. The third-order valence-electron chi connectivity index (χ3n) is 3.42. The Bertz CT molecular complexity index is 1050. The molecule has 0 aliphatic carbocycles. The minimum absolute atomic E-state index is 0.197. The van der Waals surface area contributed by atoms with E-state index in [1.807, 2.05) is 0 Å². The normalized spacial score (nSPS) is 11.5. The predicted molar refractivity (Wildman–Crippen MR) is 92.0 cm³/mol. The van der Waals surface area contributed by atoms with Gasteiger partial charge in [0, 0.05) is 25.1 Å². The van der Waals surface area contributed by atoms with Gasteiger partial charge in [-0.3, -0.25) is 0 Å². The molecular weight excluding hydrogens is 344 g/mol. The average molecular weight is 360 g/mol. The molecule has 0 spiro atoms. The Morgan fingerprint density at radius 1 is 1.20 bits per heavy atom. The van der Waals surface area contributed by atoms with E-state index in [0.29, 0.717) is 28.5 Å². The van der Waals surface area contributed by atoms with Gasteiger partial charge in [-0.15, -0.1) is 0 Å². The molecule has 0 radical (unpaired) electrons. The van der Waals surface area contributed by atoms with Crippen LogP contribution in [0, 0.1) is 13.8 Å². The lowest BCUT2D eigenvalue weighted by Gasteiger charge is -2.09. The lowest BCUT2D eigenvalue weighted by Crippen LogP contribution is -2.04. The Morgan fingerprint density at radius 3 is 2.52 bits per heavy atom. The predicted octanol–water partition coefficient (Wildman–Crippen LogP) is 1.87. The molecule has 3 aromatic rings. The Balaban J connectivity index is 1.87. The number of sulfone groups is 1. The smallest absolute Gasteiger partial charge is 0.229 e. The zero-order chi connectivity index (χ0) is 18.2. The molecule has 10 heteroatoms. The molecule has 130 valence electrons. The molecule has 0 unspecified atom stereocenters. The summed E-state index contributed by atoms with van der Waals surface area (Å²) in [5, 5.41) is 6.77. The quantitative estimate of drug-likeness (QED) is 0.714. The maximum atomic E-state index is 11.7. The molecule has 0 aliphatic rings. The molecule has 0 bridgehead atoms. The number of nitrogens with two attached hydrogens (primary N) is 1. The molecule has 0 aliphatic heterocycles. The van der Waals surface area contributed by atoms with Crippen molar-refractivity contribution < 1.29 is 12.9 Å². The first-order valence-corrected chi connectivity index (χ1v) is 9.14. The fourth-order valence-electron chi connectivity index (χ4n) is 2.31. The molecule has 25 heavy (non-hydrogen) atoms. The van der Waals surface area contributed by atoms with Gasteiger partial charge in [0.25, 0.3) is 0 Å². The van der Waals surface area contributed by atoms with E-state index >= 15 is 0 Å². The maximum absolute atomic E-state index is 11.7. The number of nitrogens with one attached hydrogen (secondary N) is 1. The highest BCUT2D eigenvalue weighted by atomic mass is 32.2. The fraction of sp³-hybridized carbons (Fsp3) is 0.200. The van der Waals surface area contributed by atoms with Crippen molar-refractivity contribution in [3.63, 3.8) is 0 Å². The molecule has 0 atom stereocenters. The van der Waals surface area contributed by atoms with E-state index in [2.05, 4.69) is 25.4 Å². The van der Waals surface area contributed by atoms with Gasteiger partial charge in [-0.1, -0.05) is 5.16 Å². The molecular formula is C15H16N6O3S. The first-order valence-electron chi connectivity index (χ1n) is 7.25. The van der Waals surface area contributed by atoms with Crippen LogP contribution in [0.3, 0.4) is 0 Å². The zero-order valence-corrected chi connectivity index (χ0v) is 14.6. The van der Waals surface area contributed by atoms with Crippen molar-refractivity contribution in [1.29, 1.82) is 0 Å². The number of hydrogen-bond donors (Lipinski definition) is 2. The van der Waals surface area contributed by atoms with Crippen molar-refractivity contribution in [3.8, 4) is 11.4 Å². The zero-order valence-electron chi connectivity index (χ0n) is 13.8. The molecule has 0 amide bonds. The van der Waals surface area contributed by atoms with Crippen molar-refractivity contribution >= 4 is 27.3 Å². The van der Waals surface area contributed by atoms with E-state index in [4.69, 9.17) is 10.3 Å². The average Bonchev–Trinajstić information content (AvgIpc) is 2.92. The van der Waals surface area contributed by atoms with Crippen LogP contribution in [0.25, 0.3) is 11.4 Å². The Labute approximate surface area is 144 Å². The summed E-state index contributed by atoms with van der Waals surface area (Å²) in [6.45, 7) is 3.39. The van der Waals surface area contributed by atoms with Crippen LogP contribution in [-0.2, 0) is 9.84 Å². The van der Waals surface area contributed by atoms with E-state index < -0.39 is 9.84 Å². The molecule has 2 aromatic heterocycles. The number of aryl methyl sites for hydroxylation is 2. The second-order valence-electron chi connectivity index (χ2n) is 5.51. The van der Waals surface area contributed by atoms with Crippen molar-refractivity contribution in [2.24, 2.45) is 0 Å². The summed E-state index contributed by atoms with van der Waals surface area (Å²) in [4.78, 5) is 12.7. The van der Waals surface area contributed by atoms with E-state index in [-0.39, 0.29) is 16.7 Å². The monoisotopic (exact) mass is 360 g/mol. The van der Waals surface area contributed by atoms with Crippen LogP contribution in [0.1, 0.15) is 11.5 Å². The molecule has 9 nitrogen and oxygen atoms in total. The lowest BCUT2D eigenvalue weighted by atomic mass is 10.2. The Hall–Kier alpha value is -3.01. The van der Waals surface area contributed by atoms with Crippen LogP contribution >= 0.6 is 0 Å². The molecule has 0 fully saturated rings. The second kappa shape index (κ2) is 6.13. The van der Waals surface area contributed by atoms with Crippen LogP contribution in [0.2, 0.25) is 0 Å². The Kier molecular flexibility index (Phi) is 4.13. The molecule has 2 heterocycles. The van der Waals surface area contributed by atoms with E-state index in [1.165, 1.54) is 18.5 Å². The maximum Gasteiger partial charge on any atom is 0.229 e. The SMILES string of the molecule is Cc1nc(-c2cnc(Nc3ccc(S(C)(=O)=O)c(C)c3)nc2N)no1. The number of rotatable bonds is 4. The summed E-state index contributed by atoms with van der Waals surface area (Å²) in [5.74, 6) is 1.20. The summed E-state index contributed by atoms with van der Waals surface area (Å²) < 4.78 is 28.2. The number of hydrogen-bond acceptors (Lipinski definition) is 9. The van der Waals surface area contributed by atoms with Gasteiger partial charge < -0.3 is 15.6 Å². The van der Waals surface area contributed by atoms with Crippen molar-refractivity contribution in [2.75, 3.05) is 17.3 Å². The van der Waals surface area contributed by atoms with Crippen LogP contribution < -0.4 is 11.1 Å². The van der Waals surface area contributed by atoms with Gasteiger partial charge in [-0.25, -0.2) is 13.4 Å². The first kappa shape index (κ1) is 16.8. The summed E-state index contributed by atoms with van der Waals surface area (Å²) in [5.41, 5.74) is 7.67. The van der Waals surface area contributed by atoms with E-state index in [1.54, 1.807) is 26.0 Å². The molecule has 1 aromatic carbocycles. The van der Waals surface area contributed by atoms with Crippen molar-refractivity contribution in [3.05, 3.63) is 35.9 Å². The number of nitrogen functional groups attached to an aromatic ring is 1. The Morgan fingerprint density at radius 2 is 1.96 bits per heavy atom. The van der Waals surface area contributed by atoms with Gasteiger partial charge in [-0.2, -0.15) is 9.97 Å². The standard InChI is InChI=1S/C15H16N6O3S/c1-8-6-10(4-5-12(8)25(3,22)23)19-15-17-7-11(13(16)20-15)14-18-9(2)24-21-14/h4-7H,1-3H3,(H3,16,17,19,20). The number of anilines is 3. The second-order valence-corrected chi connectivity index (χ2v) is 7.49. The highest BCUT2D eigenvalue weighted by Crippen LogP contribution is 2.24. The summed E-state index contributed by atoms with van der Waals surface area (Å²) >= 11 is 0. The van der Waals surface area contributed by atoms with Crippen molar-refractivity contribution in [2.45, 2.75) is 18.7 Å². The topological polar surface area (TPSA) is 137 Å². The van der Waals surface area contributed by atoms with Crippen LogP contribution in [0.15, 0.2) is 33.8 Å². The lowest BCUT2D eigenvalue weighted by molar-refractivity contribution is 0.394. The third kappa shape index (κ3) is 3.58. The van der Waals surface area contributed by atoms with E-state index in [0.717, 1.165) is 0 Å². The van der Waals surface area contributed by atoms with Crippen LogP contribution in [0.4, 0.5) is 17.5 Å².